The number of benzene rings is 2. The number of urea groups is 1. The number of ether oxygens (including phenoxy) is 1. The number of carbonyl (C=O) groups excluding carboxylic acids is 2. The molecule has 226 valence electrons. The molecule has 12 nitrogen and oxygen atoms in total. The minimum atomic E-state index is -0.394. The molecule has 2 N–H and O–H groups in total. The molecule has 12 heteroatoms. The summed E-state index contributed by atoms with van der Waals surface area (Å²) in [6.07, 6.45) is 3.92. The summed E-state index contributed by atoms with van der Waals surface area (Å²) in [6, 6.07) is 15.9. The minimum absolute atomic E-state index is 0.0803. The van der Waals surface area contributed by atoms with E-state index in [1.165, 1.54) is 4.90 Å². The summed E-state index contributed by atoms with van der Waals surface area (Å²) in [7, 11) is 5.35. The molecule has 2 unspecified atom stereocenters. The van der Waals surface area contributed by atoms with E-state index in [1.807, 2.05) is 48.7 Å². The molecule has 1 fully saturated rings. The maximum Gasteiger partial charge on any atom is 0.323 e. The molecule has 1 saturated heterocycles. The molecule has 4 aromatic rings. The Labute approximate surface area is 255 Å². The Kier molecular flexibility index (Phi) is 8.07. The molecule has 0 radical (unpaired) electrons. The number of hydrogen-bond acceptors (Lipinski definition) is 9. The van der Waals surface area contributed by atoms with Crippen molar-refractivity contribution in [3.8, 4) is 11.4 Å². The van der Waals surface area contributed by atoms with Crippen LogP contribution in [0.1, 0.15) is 28.8 Å². The van der Waals surface area contributed by atoms with Gasteiger partial charge in [-0.3, -0.25) is 14.8 Å². The van der Waals surface area contributed by atoms with Crippen LogP contribution < -0.4 is 15.5 Å². The van der Waals surface area contributed by atoms with Crippen molar-refractivity contribution in [2.75, 3.05) is 62.9 Å². The van der Waals surface area contributed by atoms with Gasteiger partial charge in [0.1, 0.15) is 5.52 Å². The molecule has 2 aromatic heterocycles. The summed E-state index contributed by atoms with van der Waals surface area (Å²) in [4.78, 5) is 43.2. The van der Waals surface area contributed by atoms with Gasteiger partial charge in [0.15, 0.2) is 11.6 Å². The van der Waals surface area contributed by atoms with Crippen molar-refractivity contribution >= 4 is 46.4 Å². The Bertz CT molecular complexity index is 1710. The van der Waals surface area contributed by atoms with Crippen LogP contribution in [-0.4, -0.2) is 96.5 Å². The fourth-order valence-corrected chi connectivity index (χ4v) is 5.30. The number of nitrogens with zero attached hydrogens (tertiary/aromatic N) is 7. The number of rotatable bonds is 6. The van der Waals surface area contributed by atoms with Gasteiger partial charge in [-0.2, -0.15) is 5.10 Å². The highest BCUT2D eigenvalue weighted by Crippen LogP contribution is 2.30. The van der Waals surface area contributed by atoms with Gasteiger partial charge < -0.3 is 25.2 Å². The number of anilines is 3. The van der Waals surface area contributed by atoms with Gasteiger partial charge >= 0.3 is 6.03 Å². The largest absolute Gasteiger partial charge is 0.375 e. The Morgan fingerprint density at radius 3 is 2.32 bits per heavy atom. The van der Waals surface area contributed by atoms with Gasteiger partial charge in [-0.1, -0.05) is 0 Å². The molecule has 4 heterocycles. The number of likely N-dealkylation sites (N-methyl/N-ethyl adjacent to an activating group) is 1. The van der Waals surface area contributed by atoms with E-state index < -0.39 is 6.03 Å². The van der Waals surface area contributed by atoms with Crippen LogP contribution in [0.15, 0.2) is 65.9 Å². The third-order valence-electron chi connectivity index (χ3n) is 7.61. The van der Waals surface area contributed by atoms with E-state index in [0.29, 0.717) is 42.5 Å². The van der Waals surface area contributed by atoms with Gasteiger partial charge in [-0.15, -0.1) is 0 Å². The van der Waals surface area contributed by atoms with Crippen molar-refractivity contribution in [3.05, 3.63) is 71.9 Å². The highest BCUT2D eigenvalue weighted by molar-refractivity contribution is 6.00. The predicted octanol–water partition coefficient (Wildman–Crippen LogP) is 4.28. The van der Waals surface area contributed by atoms with Crippen LogP contribution >= 0.6 is 0 Å². The summed E-state index contributed by atoms with van der Waals surface area (Å²) in [5, 5.41) is 11.9. The monoisotopic (exact) mass is 593 g/mol. The van der Waals surface area contributed by atoms with Crippen LogP contribution in [-0.2, 0) is 4.74 Å². The first-order chi connectivity index (χ1) is 21.2. The fraction of sp³-hybridized carbons (Fsp3) is 0.312. The topological polar surface area (TPSA) is 128 Å². The first-order valence-corrected chi connectivity index (χ1v) is 14.5. The number of carbonyl (C=O) groups is 2. The Morgan fingerprint density at radius 2 is 1.68 bits per heavy atom. The summed E-state index contributed by atoms with van der Waals surface area (Å²) >= 11 is 0. The number of nitrogens with one attached hydrogen (secondary N) is 2. The molecule has 2 aliphatic rings. The Balaban J connectivity index is 1.23. The molecular weight excluding hydrogens is 558 g/mol. The van der Waals surface area contributed by atoms with Gasteiger partial charge in [0.25, 0.3) is 5.91 Å². The van der Waals surface area contributed by atoms with Gasteiger partial charge in [0, 0.05) is 81.6 Å². The zero-order chi connectivity index (χ0) is 30.8. The molecule has 0 bridgehead atoms. The van der Waals surface area contributed by atoms with E-state index in [9.17, 15) is 9.59 Å². The van der Waals surface area contributed by atoms with Crippen LogP contribution in [0.3, 0.4) is 0 Å². The lowest BCUT2D eigenvalue weighted by Crippen LogP contribution is -2.41. The number of pyridine rings is 1. The van der Waals surface area contributed by atoms with Crippen LogP contribution in [0.2, 0.25) is 0 Å². The van der Waals surface area contributed by atoms with Crippen molar-refractivity contribution in [3.63, 3.8) is 0 Å². The van der Waals surface area contributed by atoms with E-state index in [0.717, 1.165) is 34.5 Å². The third kappa shape index (κ3) is 6.30. The average molecular weight is 594 g/mol. The van der Waals surface area contributed by atoms with E-state index in [2.05, 4.69) is 33.6 Å². The SMILES string of the molecule is CC1CN(c2nc(-c3ccc(NC(=O)Nc4ccc(C(=O)N(C)C)cc4)cc3)nc3cc(C4C=NN(C)C4)cnc23)CCO1. The summed E-state index contributed by atoms with van der Waals surface area (Å²) < 4.78 is 5.78. The summed E-state index contributed by atoms with van der Waals surface area (Å²) in [5.41, 5.74) is 5.13. The van der Waals surface area contributed by atoms with Gasteiger partial charge in [0.2, 0.25) is 0 Å². The normalized spacial score (nSPS) is 18.0. The number of amides is 3. The van der Waals surface area contributed by atoms with E-state index in [1.54, 1.807) is 38.4 Å². The lowest BCUT2D eigenvalue weighted by Gasteiger charge is -2.32. The number of morpholine rings is 1. The maximum absolute atomic E-state index is 12.7. The van der Waals surface area contributed by atoms with Crippen molar-refractivity contribution in [1.29, 1.82) is 0 Å². The highest BCUT2D eigenvalue weighted by Gasteiger charge is 2.24. The minimum Gasteiger partial charge on any atom is -0.375 e. The highest BCUT2D eigenvalue weighted by atomic mass is 16.5. The molecule has 2 atom stereocenters. The molecule has 0 aliphatic carbocycles. The zero-order valence-electron chi connectivity index (χ0n) is 25.2. The lowest BCUT2D eigenvalue weighted by molar-refractivity contribution is 0.0530. The molecule has 44 heavy (non-hydrogen) atoms. The molecule has 2 aliphatic heterocycles. The number of hydrazone groups is 1. The zero-order valence-corrected chi connectivity index (χ0v) is 25.2. The second-order valence-electron chi connectivity index (χ2n) is 11.3. The molecule has 6 rings (SSSR count). The van der Waals surface area contributed by atoms with Gasteiger partial charge in [-0.05, 0) is 67.1 Å². The van der Waals surface area contributed by atoms with Crippen LogP contribution in [0, 0.1) is 0 Å². The number of aromatic nitrogens is 3. The average Bonchev–Trinajstić information content (AvgIpc) is 3.46. The molecule has 2 aromatic carbocycles. The Morgan fingerprint density at radius 1 is 0.977 bits per heavy atom. The van der Waals surface area contributed by atoms with Crippen LogP contribution in [0.25, 0.3) is 22.4 Å². The van der Waals surface area contributed by atoms with E-state index in [4.69, 9.17) is 19.7 Å². The smallest absolute Gasteiger partial charge is 0.323 e. The predicted molar refractivity (Wildman–Crippen MR) is 171 cm³/mol. The summed E-state index contributed by atoms with van der Waals surface area (Å²) in [6.45, 7) is 4.89. The van der Waals surface area contributed by atoms with Crippen LogP contribution in [0.5, 0.6) is 0 Å². The van der Waals surface area contributed by atoms with Crippen molar-refractivity contribution in [1.82, 2.24) is 24.9 Å². The standard InChI is InChI=1S/C32H35N9O3/c1-20-18-41(13-14-44-20)30-28-27(15-23(16-33-28)24-17-34-40(4)19-24)37-29(38-30)21-5-9-25(10-6-21)35-32(43)36-26-11-7-22(8-12-26)31(42)39(2)3/h5-12,15-17,20,24H,13-14,18-19H2,1-4H3,(H2,35,36,43). The van der Waals surface area contributed by atoms with E-state index in [-0.39, 0.29) is 17.9 Å². The Hall–Kier alpha value is -5.10. The number of fused-ring (bicyclic) bond motifs is 1. The second-order valence-corrected chi connectivity index (χ2v) is 11.3. The lowest BCUT2D eigenvalue weighted by atomic mass is 10.0. The quantitative estimate of drug-likeness (QED) is 0.339. The molecule has 0 saturated carbocycles. The molecular formula is C32H35N9O3. The maximum atomic E-state index is 12.7. The number of hydrogen-bond donors (Lipinski definition) is 2. The third-order valence-corrected chi connectivity index (χ3v) is 7.61. The fourth-order valence-electron chi connectivity index (χ4n) is 5.30. The van der Waals surface area contributed by atoms with Crippen LogP contribution in [0.4, 0.5) is 22.0 Å². The first-order valence-electron chi connectivity index (χ1n) is 14.5. The summed E-state index contributed by atoms with van der Waals surface area (Å²) in [5.74, 6) is 1.41. The van der Waals surface area contributed by atoms with Gasteiger partial charge in [0.05, 0.1) is 18.2 Å². The first kappa shape index (κ1) is 29.0. The second kappa shape index (κ2) is 12.3. The van der Waals surface area contributed by atoms with Crippen molar-refractivity contribution < 1.29 is 14.3 Å². The van der Waals surface area contributed by atoms with E-state index >= 15 is 0 Å². The van der Waals surface area contributed by atoms with Crippen molar-refractivity contribution in [2.45, 2.75) is 18.9 Å². The van der Waals surface area contributed by atoms with Gasteiger partial charge in [-0.25, -0.2) is 14.8 Å². The van der Waals surface area contributed by atoms with Crippen molar-refractivity contribution in [2.24, 2.45) is 5.10 Å². The molecule has 3 amide bonds. The molecule has 0 spiro atoms.